The van der Waals surface area contributed by atoms with Gasteiger partial charge < -0.3 is 24.4 Å². The molecule has 1 heterocycles. The van der Waals surface area contributed by atoms with Crippen molar-refractivity contribution in [2.24, 2.45) is 0 Å². The van der Waals surface area contributed by atoms with Crippen molar-refractivity contribution < 1.29 is 41.8 Å². The van der Waals surface area contributed by atoms with Crippen molar-refractivity contribution >= 4 is 18.0 Å². The first kappa shape index (κ1) is 29.0. The Kier molecular flexibility index (Phi) is 9.73. The third kappa shape index (κ3) is 6.45. The van der Waals surface area contributed by atoms with Crippen molar-refractivity contribution in [2.45, 2.75) is 56.7 Å². The summed E-state index contributed by atoms with van der Waals surface area (Å²) in [5, 5.41) is 2.43. The predicted octanol–water partition coefficient (Wildman–Crippen LogP) is 4.33. The van der Waals surface area contributed by atoms with Gasteiger partial charge in [0.25, 0.3) is 11.5 Å². The highest BCUT2D eigenvalue weighted by Crippen LogP contribution is 2.42. The summed E-state index contributed by atoms with van der Waals surface area (Å²) in [6.07, 6.45) is -5.60. The molecule has 1 saturated heterocycles. The van der Waals surface area contributed by atoms with E-state index in [9.17, 15) is 27.6 Å². The zero-order valence-corrected chi connectivity index (χ0v) is 21.2. The zero-order chi connectivity index (χ0) is 27.8. The van der Waals surface area contributed by atoms with E-state index in [2.05, 4.69) is 5.32 Å². The predicted molar refractivity (Wildman–Crippen MR) is 131 cm³/mol. The highest BCUT2D eigenvalue weighted by atomic mass is 19.4. The first-order chi connectivity index (χ1) is 18.1. The molecule has 0 saturated carbocycles. The van der Waals surface area contributed by atoms with Crippen LogP contribution in [0.4, 0.5) is 18.0 Å². The van der Waals surface area contributed by atoms with Crippen molar-refractivity contribution in [2.75, 3.05) is 20.3 Å². The van der Waals surface area contributed by atoms with Gasteiger partial charge in [-0.15, -0.1) is 0 Å². The van der Waals surface area contributed by atoms with Crippen LogP contribution in [0, 0.1) is 0 Å². The molecule has 2 aromatic carbocycles. The van der Waals surface area contributed by atoms with Gasteiger partial charge in [0.2, 0.25) is 0 Å². The largest absolute Gasteiger partial charge is 0.466 e. The number of ether oxygens (including phenoxy) is 3. The Balaban J connectivity index is 1.88. The van der Waals surface area contributed by atoms with Gasteiger partial charge in [0.1, 0.15) is 6.61 Å². The maximum absolute atomic E-state index is 14.4. The summed E-state index contributed by atoms with van der Waals surface area (Å²) < 4.78 is 58.5. The fraction of sp³-hybridized carbons (Fsp3) is 0.444. The molecule has 3 atom stereocenters. The van der Waals surface area contributed by atoms with Crippen molar-refractivity contribution in [3.8, 4) is 0 Å². The summed E-state index contributed by atoms with van der Waals surface area (Å²) in [7, 11) is 0.810. The van der Waals surface area contributed by atoms with E-state index in [1.807, 2.05) is 6.07 Å². The standard InChI is InChI=1S/C27H31F3N2O6/c1-3-37-23(33)17-22-21(15-10-16-32(22)25(35)38-18-19-11-6-4-7-12-19)31-24(34)26(36-2,27(28,29)30)20-13-8-5-9-14-20/h4-9,11-14,21-22H,3,10,15-18H2,1-2H3,(H,31,34)/t21-,22+,26-/m1/s1. The number of hydrogen-bond donors (Lipinski definition) is 1. The normalized spacial score (nSPS) is 19.2. The van der Waals surface area contributed by atoms with E-state index >= 15 is 0 Å². The molecule has 0 unspecified atom stereocenters. The highest BCUT2D eigenvalue weighted by molar-refractivity contribution is 5.88. The number of esters is 1. The van der Waals surface area contributed by atoms with Crippen molar-refractivity contribution in [3.63, 3.8) is 0 Å². The van der Waals surface area contributed by atoms with Gasteiger partial charge in [-0.3, -0.25) is 9.59 Å². The molecule has 206 valence electrons. The molecule has 1 aliphatic heterocycles. The van der Waals surface area contributed by atoms with E-state index in [1.165, 1.54) is 23.1 Å². The van der Waals surface area contributed by atoms with E-state index in [4.69, 9.17) is 14.2 Å². The second kappa shape index (κ2) is 12.8. The number of methoxy groups -OCH3 is 1. The Hall–Kier alpha value is -3.60. The van der Waals surface area contributed by atoms with Crippen LogP contribution in [0.15, 0.2) is 60.7 Å². The lowest BCUT2D eigenvalue weighted by atomic mass is 9.89. The fourth-order valence-corrected chi connectivity index (χ4v) is 4.59. The molecular weight excluding hydrogens is 505 g/mol. The van der Waals surface area contributed by atoms with Crippen molar-refractivity contribution in [3.05, 3.63) is 71.8 Å². The van der Waals surface area contributed by atoms with E-state index in [1.54, 1.807) is 31.2 Å². The molecule has 3 rings (SSSR count). The molecule has 2 aromatic rings. The van der Waals surface area contributed by atoms with Crippen LogP contribution < -0.4 is 5.32 Å². The number of amides is 2. The number of carbonyl (C=O) groups is 3. The number of rotatable bonds is 9. The summed E-state index contributed by atoms with van der Waals surface area (Å²) in [5.74, 6) is -2.10. The summed E-state index contributed by atoms with van der Waals surface area (Å²) in [6, 6.07) is 13.5. The molecule has 11 heteroatoms. The minimum Gasteiger partial charge on any atom is -0.466 e. The number of carbonyl (C=O) groups excluding carboxylic acids is 3. The molecule has 0 aromatic heterocycles. The number of halogens is 3. The first-order valence-corrected chi connectivity index (χ1v) is 12.2. The minimum atomic E-state index is -5.10. The van der Waals surface area contributed by atoms with E-state index < -0.39 is 47.4 Å². The molecule has 1 fully saturated rings. The third-order valence-corrected chi connectivity index (χ3v) is 6.42. The molecular formula is C27H31F3N2O6. The van der Waals surface area contributed by atoms with Crippen LogP contribution in [-0.2, 0) is 36.0 Å². The van der Waals surface area contributed by atoms with Crippen LogP contribution in [0.3, 0.4) is 0 Å². The molecule has 0 aliphatic carbocycles. The van der Waals surface area contributed by atoms with Crippen LogP contribution in [-0.4, -0.2) is 61.4 Å². The Bertz CT molecular complexity index is 1080. The number of benzene rings is 2. The second-order valence-corrected chi connectivity index (χ2v) is 8.78. The summed E-state index contributed by atoms with van der Waals surface area (Å²) in [5.41, 5.74) is -2.95. The SMILES string of the molecule is CCOC(=O)C[C@H]1[C@H](NC(=O)[C@](OC)(c2ccccc2)C(F)(F)F)CCCN1C(=O)OCc1ccccc1. The number of piperidine rings is 1. The molecule has 38 heavy (non-hydrogen) atoms. The second-order valence-electron chi connectivity index (χ2n) is 8.78. The zero-order valence-electron chi connectivity index (χ0n) is 21.2. The number of hydrogen-bond acceptors (Lipinski definition) is 6. The maximum Gasteiger partial charge on any atom is 0.430 e. The van der Waals surface area contributed by atoms with Crippen LogP contribution in [0.2, 0.25) is 0 Å². The van der Waals surface area contributed by atoms with Gasteiger partial charge in [0, 0.05) is 19.2 Å². The minimum absolute atomic E-state index is 0.0335. The Morgan fingerprint density at radius 1 is 1.00 bits per heavy atom. The van der Waals surface area contributed by atoms with Gasteiger partial charge in [-0.1, -0.05) is 60.7 Å². The van der Waals surface area contributed by atoms with Crippen LogP contribution in [0.25, 0.3) is 0 Å². The van der Waals surface area contributed by atoms with E-state index in [0.717, 1.165) is 24.8 Å². The lowest BCUT2D eigenvalue weighted by molar-refractivity contribution is -0.266. The Labute approximate surface area is 219 Å². The highest BCUT2D eigenvalue weighted by Gasteiger charge is 2.63. The van der Waals surface area contributed by atoms with Gasteiger partial charge in [0.15, 0.2) is 0 Å². The maximum atomic E-state index is 14.4. The average Bonchev–Trinajstić information content (AvgIpc) is 2.89. The lowest BCUT2D eigenvalue weighted by Crippen LogP contribution is -2.63. The van der Waals surface area contributed by atoms with Gasteiger partial charge in [-0.05, 0) is 25.3 Å². The number of nitrogens with zero attached hydrogens (tertiary/aromatic N) is 1. The molecule has 0 bridgehead atoms. The monoisotopic (exact) mass is 536 g/mol. The molecule has 0 radical (unpaired) electrons. The van der Waals surface area contributed by atoms with Crippen LogP contribution >= 0.6 is 0 Å². The summed E-state index contributed by atoms with van der Waals surface area (Å²) in [6.45, 7) is 1.85. The molecule has 2 amide bonds. The van der Waals surface area contributed by atoms with E-state index in [-0.39, 0.29) is 32.6 Å². The fourth-order valence-electron chi connectivity index (χ4n) is 4.59. The Morgan fingerprint density at radius 2 is 1.63 bits per heavy atom. The topological polar surface area (TPSA) is 94.2 Å². The van der Waals surface area contributed by atoms with E-state index in [0.29, 0.717) is 6.42 Å². The molecule has 1 aliphatic rings. The quantitative estimate of drug-likeness (QED) is 0.480. The molecule has 1 N–H and O–H groups in total. The number of alkyl halides is 3. The number of likely N-dealkylation sites (tertiary alicyclic amines) is 1. The van der Waals surface area contributed by atoms with Gasteiger partial charge in [-0.2, -0.15) is 13.2 Å². The average molecular weight is 537 g/mol. The van der Waals surface area contributed by atoms with Gasteiger partial charge >= 0.3 is 18.2 Å². The smallest absolute Gasteiger partial charge is 0.430 e. The Morgan fingerprint density at radius 3 is 2.21 bits per heavy atom. The lowest BCUT2D eigenvalue weighted by Gasteiger charge is -2.42. The summed E-state index contributed by atoms with van der Waals surface area (Å²) in [4.78, 5) is 40.0. The van der Waals surface area contributed by atoms with Crippen LogP contribution in [0.1, 0.15) is 37.3 Å². The molecule has 0 spiro atoms. The first-order valence-electron chi connectivity index (χ1n) is 12.2. The van der Waals surface area contributed by atoms with Crippen molar-refractivity contribution in [1.82, 2.24) is 10.2 Å². The van der Waals surface area contributed by atoms with Gasteiger partial charge in [0.05, 0.1) is 25.1 Å². The van der Waals surface area contributed by atoms with Crippen molar-refractivity contribution in [1.29, 1.82) is 0 Å². The number of nitrogens with one attached hydrogen (secondary N) is 1. The van der Waals surface area contributed by atoms with Gasteiger partial charge in [-0.25, -0.2) is 4.79 Å². The molecule has 8 nitrogen and oxygen atoms in total. The van der Waals surface area contributed by atoms with Crippen LogP contribution in [0.5, 0.6) is 0 Å². The third-order valence-electron chi connectivity index (χ3n) is 6.42. The summed E-state index contributed by atoms with van der Waals surface area (Å²) >= 11 is 0.